The normalized spacial score (nSPS) is 9.96. The summed E-state index contributed by atoms with van der Waals surface area (Å²) in [5.41, 5.74) is 0. The second-order valence-corrected chi connectivity index (χ2v) is 4.79. The van der Waals surface area contributed by atoms with Gasteiger partial charge in [-0.3, -0.25) is 4.79 Å². The molecule has 0 saturated carbocycles. The van der Waals surface area contributed by atoms with Crippen LogP contribution in [0, 0.1) is 0 Å². The van der Waals surface area contributed by atoms with E-state index in [0.717, 1.165) is 11.5 Å². The van der Waals surface area contributed by atoms with Crippen molar-refractivity contribution < 1.29 is 19.0 Å². The first-order valence-electron chi connectivity index (χ1n) is 7.49. The molecule has 2 aromatic rings. The Morgan fingerprint density at radius 2 is 1.48 bits per heavy atom. The predicted molar refractivity (Wildman–Crippen MR) is 88.1 cm³/mol. The fourth-order valence-electron chi connectivity index (χ4n) is 1.90. The molecule has 0 aliphatic heterocycles. The Balaban J connectivity index is 1.56. The number of benzene rings is 2. The summed E-state index contributed by atoms with van der Waals surface area (Å²) < 4.78 is 16.1. The van der Waals surface area contributed by atoms with Crippen LogP contribution in [0.4, 0.5) is 0 Å². The molecule has 0 saturated heterocycles. The third kappa shape index (κ3) is 6.30. The van der Waals surface area contributed by atoms with Gasteiger partial charge in [-0.25, -0.2) is 0 Å². The first kappa shape index (κ1) is 16.7. The van der Waals surface area contributed by atoms with Gasteiger partial charge in [-0.15, -0.1) is 0 Å². The highest BCUT2D eigenvalue weighted by molar-refractivity contribution is 5.75. The number of hydrogen-bond acceptors (Lipinski definition) is 4. The van der Waals surface area contributed by atoms with E-state index in [0.29, 0.717) is 31.9 Å². The quantitative estimate of drug-likeness (QED) is 0.723. The molecule has 0 heterocycles. The number of ether oxygens (including phenoxy) is 3. The van der Waals surface area contributed by atoms with Gasteiger partial charge in [-0.2, -0.15) is 0 Å². The largest absolute Gasteiger partial charge is 0.497 e. The Bertz CT molecular complexity index is 584. The summed E-state index contributed by atoms with van der Waals surface area (Å²) >= 11 is 0. The maximum atomic E-state index is 11.7. The van der Waals surface area contributed by atoms with E-state index < -0.39 is 0 Å². The van der Waals surface area contributed by atoms with Crippen LogP contribution >= 0.6 is 0 Å². The molecule has 0 fully saturated rings. The molecular weight excluding hydrogens is 294 g/mol. The van der Waals surface area contributed by atoms with Gasteiger partial charge in [0.25, 0.3) is 0 Å². The zero-order chi connectivity index (χ0) is 16.3. The van der Waals surface area contributed by atoms with Crippen molar-refractivity contribution in [3.63, 3.8) is 0 Å². The number of nitrogens with one attached hydrogen (secondary N) is 1. The van der Waals surface area contributed by atoms with Crippen LogP contribution in [0.15, 0.2) is 54.6 Å². The fraction of sp³-hybridized carbons (Fsp3) is 0.278. The van der Waals surface area contributed by atoms with Crippen LogP contribution in [0.1, 0.15) is 6.42 Å². The lowest BCUT2D eigenvalue weighted by molar-refractivity contribution is -0.121. The van der Waals surface area contributed by atoms with Crippen LogP contribution < -0.4 is 19.5 Å². The molecule has 122 valence electrons. The molecule has 0 spiro atoms. The molecule has 0 aromatic heterocycles. The summed E-state index contributed by atoms with van der Waals surface area (Å²) in [7, 11) is 1.61. The summed E-state index contributed by atoms with van der Waals surface area (Å²) in [5.74, 6) is 2.22. The zero-order valence-corrected chi connectivity index (χ0v) is 13.2. The number of rotatable bonds is 9. The molecule has 1 amide bonds. The van der Waals surface area contributed by atoms with E-state index in [1.165, 1.54) is 0 Å². The smallest absolute Gasteiger partial charge is 0.223 e. The van der Waals surface area contributed by atoms with Crippen molar-refractivity contribution in [3.8, 4) is 17.2 Å². The van der Waals surface area contributed by atoms with Crippen LogP contribution in [-0.4, -0.2) is 32.8 Å². The van der Waals surface area contributed by atoms with Crippen LogP contribution in [0.3, 0.4) is 0 Å². The molecule has 23 heavy (non-hydrogen) atoms. The lowest BCUT2D eigenvalue weighted by Crippen LogP contribution is -2.29. The van der Waals surface area contributed by atoms with Crippen molar-refractivity contribution in [2.45, 2.75) is 6.42 Å². The van der Waals surface area contributed by atoms with Crippen molar-refractivity contribution in [2.75, 3.05) is 26.9 Å². The van der Waals surface area contributed by atoms with Crippen LogP contribution in [0.5, 0.6) is 17.2 Å². The SMILES string of the molecule is COc1ccc(OCCC(=O)NCCOc2ccccc2)cc1. The van der Waals surface area contributed by atoms with Crippen molar-refractivity contribution in [2.24, 2.45) is 0 Å². The van der Waals surface area contributed by atoms with E-state index in [2.05, 4.69) is 5.32 Å². The molecule has 0 bridgehead atoms. The third-order valence-electron chi connectivity index (χ3n) is 3.09. The minimum absolute atomic E-state index is 0.0600. The molecule has 2 aromatic carbocycles. The highest BCUT2D eigenvalue weighted by Crippen LogP contribution is 2.16. The Hall–Kier alpha value is -2.69. The highest BCUT2D eigenvalue weighted by atomic mass is 16.5. The number of hydrogen-bond donors (Lipinski definition) is 1. The molecule has 0 aliphatic rings. The summed E-state index contributed by atoms with van der Waals surface area (Å²) in [5, 5.41) is 2.79. The Morgan fingerprint density at radius 1 is 0.870 bits per heavy atom. The minimum atomic E-state index is -0.0600. The summed E-state index contributed by atoms with van der Waals surface area (Å²) in [4.78, 5) is 11.7. The number of para-hydroxylation sites is 1. The van der Waals surface area contributed by atoms with Gasteiger partial charge in [0.15, 0.2) is 0 Å². The van der Waals surface area contributed by atoms with Crippen molar-refractivity contribution in [1.82, 2.24) is 5.32 Å². The van der Waals surface area contributed by atoms with E-state index in [1.54, 1.807) is 7.11 Å². The van der Waals surface area contributed by atoms with Gasteiger partial charge in [0.2, 0.25) is 5.91 Å². The lowest BCUT2D eigenvalue weighted by Gasteiger charge is -2.09. The minimum Gasteiger partial charge on any atom is -0.497 e. The van der Waals surface area contributed by atoms with Gasteiger partial charge in [-0.1, -0.05) is 18.2 Å². The molecule has 0 atom stereocenters. The lowest BCUT2D eigenvalue weighted by atomic mass is 10.3. The Labute approximate surface area is 136 Å². The average Bonchev–Trinajstić information content (AvgIpc) is 2.60. The molecular formula is C18H21NO4. The number of carbonyl (C=O) groups excluding carboxylic acids is 1. The van der Waals surface area contributed by atoms with Gasteiger partial charge in [0.1, 0.15) is 23.9 Å². The average molecular weight is 315 g/mol. The van der Waals surface area contributed by atoms with Gasteiger partial charge in [0.05, 0.1) is 26.7 Å². The molecule has 0 unspecified atom stereocenters. The molecule has 5 heteroatoms. The van der Waals surface area contributed by atoms with E-state index in [9.17, 15) is 4.79 Å². The second kappa shape index (κ2) is 9.35. The predicted octanol–water partition coefficient (Wildman–Crippen LogP) is 2.66. The molecule has 0 aliphatic carbocycles. The summed E-state index contributed by atoms with van der Waals surface area (Å²) in [6.07, 6.45) is 0.303. The fourth-order valence-corrected chi connectivity index (χ4v) is 1.90. The van der Waals surface area contributed by atoms with E-state index >= 15 is 0 Å². The Morgan fingerprint density at radius 3 is 2.17 bits per heavy atom. The van der Waals surface area contributed by atoms with Gasteiger partial charge in [0, 0.05) is 0 Å². The maximum absolute atomic E-state index is 11.7. The monoisotopic (exact) mass is 315 g/mol. The van der Waals surface area contributed by atoms with E-state index in [-0.39, 0.29) is 5.91 Å². The number of carbonyl (C=O) groups is 1. The van der Waals surface area contributed by atoms with Gasteiger partial charge >= 0.3 is 0 Å². The maximum Gasteiger partial charge on any atom is 0.223 e. The van der Waals surface area contributed by atoms with Crippen molar-refractivity contribution in [3.05, 3.63) is 54.6 Å². The summed E-state index contributed by atoms with van der Waals surface area (Å²) in [6, 6.07) is 16.8. The molecule has 2 rings (SSSR count). The standard InChI is InChI=1S/C18H21NO4/c1-21-15-7-9-17(10-8-15)22-13-11-18(20)19-12-14-23-16-5-3-2-4-6-16/h2-10H,11-14H2,1H3,(H,19,20). The van der Waals surface area contributed by atoms with Crippen molar-refractivity contribution in [1.29, 1.82) is 0 Å². The van der Waals surface area contributed by atoms with Crippen LogP contribution in [-0.2, 0) is 4.79 Å². The second-order valence-electron chi connectivity index (χ2n) is 4.79. The van der Waals surface area contributed by atoms with Crippen LogP contribution in [0.2, 0.25) is 0 Å². The van der Waals surface area contributed by atoms with Crippen LogP contribution in [0.25, 0.3) is 0 Å². The summed E-state index contributed by atoms with van der Waals surface area (Å²) in [6.45, 7) is 1.24. The van der Waals surface area contributed by atoms with E-state index in [1.807, 2.05) is 54.6 Å². The zero-order valence-electron chi connectivity index (χ0n) is 13.2. The molecule has 1 N–H and O–H groups in total. The highest BCUT2D eigenvalue weighted by Gasteiger charge is 2.02. The van der Waals surface area contributed by atoms with Crippen molar-refractivity contribution >= 4 is 5.91 Å². The first-order valence-corrected chi connectivity index (χ1v) is 7.49. The number of methoxy groups -OCH3 is 1. The Kier molecular flexibility index (Phi) is 6.78. The topological polar surface area (TPSA) is 56.8 Å². The van der Waals surface area contributed by atoms with Gasteiger partial charge in [-0.05, 0) is 36.4 Å². The number of amides is 1. The first-order chi connectivity index (χ1) is 11.3. The van der Waals surface area contributed by atoms with Gasteiger partial charge < -0.3 is 19.5 Å². The third-order valence-corrected chi connectivity index (χ3v) is 3.09. The van der Waals surface area contributed by atoms with E-state index in [4.69, 9.17) is 14.2 Å². The molecule has 0 radical (unpaired) electrons. The molecule has 5 nitrogen and oxygen atoms in total.